The van der Waals surface area contributed by atoms with Crippen LogP contribution >= 0.6 is 0 Å². The molecule has 5 heteroatoms. The summed E-state index contributed by atoms with van der Waals surface area (Å²) in [5.74, 6) is 0.175. The van der Waals surface area contributed by atoms with Crippen molar-refractivity contribution in [2.45, 2.75) is 20.3 Å². The van der Waals surface area contributed by atoms with Crippen molar-refractivity contribution in [2.24, 2.45) is 0 Å². The first-order chi connectivity index (χ1) is 10.2. The molecule has 0 aliphatic heterocycles. The van der Waals surface area contributed by atoms with Gasteiger partial charge >= 0.3 is 5.97 Å². The molecule has 0 bridgehead atoms. The van der Waals surface area contributed by atoms with E-state index in [9.17, 15) is 4.79 Å². The third-order valence-corrected chi connectivity index (χ3v) is 2.60. The van der Waals surface area contributed by atoms with Crippen LogP contribution in [0.5, 0.6) is 11.5 Å². The Morgan fingerprint density at radius 1 is 1.19 bits per heavy atom. The Bertz CT molecular complexity index is 468. The molecule has 0 aromatic heterocycles. The Morgan fingerprint density at radius 3 is 2.67 bits per heavy atom. The smallest absolute Gasteiger partial charge is 0.328 e. The van der Waals surface area contributed by atoms with Crippen molar-refractivity contribution in [3.63, 3.8) is 0 Å². The van der Waals surface area contributed by atoms with Crippen molar-refractivity contribution in [1.82, 2.24) is 0 Å². The van der Waals surface area contributed by atoms with Gasteiger partial charge in [0.2, 0.25) is 0 Å². The molecule has 0 saturated carbocycles. The third kappa shape index (κ3) is 6.31. The van der Waals surface area contributed by atoms with Crippen LogP contribution in [0.3, 0.4) is 0 Å². The van der Waals surface area contributed by atoms with Gasteiger partial charge in [-0.15, -0.1) is 0 Å². The molecular formula is C16H22O5. The lowest BCUT2D eigenvalue weighted by Crippen LogP contribution is -2.05. The molecule has 116 valence electrons. The van der Waals surface area contributed by atoms with Gasteiger partial charge in [0.1, 0.15) is 0 Å². The van der Waals surface area contributed by atoms with Gasteiger partial charge in [-0.2, -0.15) is 0 Å². The first-order valence-electron chi connectivity index (χ1n) is 7.06. The molecule has 0 aliphatic carbocycles. The minimum Gasteiger partial charge on any atom is -0.490 e. The van der Waals surface area contributed by atoms with Gasteiger partial charge in [0, 0.05) is 31.3 Å². The van der Waals surface area contributed by atoms with Crippen LogP contribution in [-0.4, -0.2) is 37.5 Å². The summed E-state index contributed by atoms with van der Waals surface area (Å²) >= 11 is 0. The second-order valence-corrected chi connectivity index (χ2v) is 4.18. The molecule has 1 rings (SSSR count). The predicted octanol–water partition coefficient (Wildman–Crippen LogP) is 2.99. The van der Waals surface area contributed by atoms with E-state index in [4.69, 9.17) is 19.3 Å². The number of para-hydroxylation sites is 1. The highest BCUT2D eigenvalue weighted by molar-refractivity contribution is 5.86. The maximum absolute atomic E-state index is 10.7. The second kappa shape index (κ2) is 9.83. The van der Waals surface area contributed by atoms with E-state index in [1.807, 2.05) is 13.8 Å². The molecule has 21 heavy (non-hydrogen) atoms. The molecular weight excluding hydrogens is 272 g/mol. The lowest BCUT2D eigenvalue weighted by molar-refractivity contribution is -0.131. The summed E-state index contributed by atoms with van der Waals surface area (Å²) in [6.07, 6.45) is 3.34. The van der Waals surface area contributed by atoms with E-state index in [0.717, 1.165) is 12.5 Å². The van der Waals surface area contributed by atoms with E-state index in [1.165, 1.54) is 6.08 Å². The Hall–Kier alpha value is -2.01. The molecule has 1 N–H and O–H groups in total. The topological polar surface area (TPSA) is 65.0 Å². The molecule has 0 fully saturated rings. The zero-order chi connectivity index (χ0) is 15.5. The number of carboxylic acids is 1. The molecule has 0 heterocycles. The number of aliphatic carboxylic acids is 1. The van der Waals surface area contributed by atoms with Crippen molar-refractivity contribution in [1.29, 1.82) is 0 Å². The van der Waals surface area contributed by atoms with Gasteiger partial charge in [0.15, 0.2) is 11.5 Å². The lowest BCUT2D eigenvalue weighted by atomic mass is 10.1. The molecule has 0 saturated heterocycles. The maximum atomic E-state index is 10.7. The molecule has 0 radical (unpaired) electrons. The van der Waals surface area contributed by atoms with E-state index in [2.05, 4.69) is 0 Å². The Morgan fingerprint density at radius 2 is 2.00 bits per heavy atom. The zero-order valence-electron chi connectivity index (χ0n) is 12.5. The lowest BCUT2D eigenvalue weighted by Gasteiger charge is -2.14. The highest BCUT2D eigenvalue weighted by atomic mass is 16.5. The summed E-state index contributed by atoms with van der Waals surface area (Å²) in [6.45, 7) is 6.15. The fourth-order valence-corrected chi connectivity index (χ4v) is 1.73. The molecule has 1 aromatic carbocycles. The highest BCUT2D eigenvalue weighted by Gasteiger charge is 2.09. The number of carboxylic acid groups (broad SMARTS) is 1. The first-order valence-corrected chi connectivity index (χ1v) is 7.06. The zero-order valence-corrected chi connectivity index (χ0v) is 12.5. The molecule has 0 atom stereocenters. The molecule has 0 amide bonds. The number of benzene rings is 1. The quantitative estimate of drug-likeness (QED) is 0.531. The summed E-state index contributed by atoms with van der Waals surface area (Å²) in [5, 5.41) is 8.74. The van der Waals surface area contributed by atoms with Crippen LogP contribution in [0.2, 0.25) is 0 Å². The Kier molecular flexibility index (Phi) is 7.97. The SMILES string of the molecule is CCOCCCOc1c(C=CC(=O)O)cccc1OCC. The van der Waals surface area contributed by atoms with Gasteiger partial charge in [-0.1, -0.05) is 12.1 Å². The third-order valence-electron chi connectivity index (χ3n) is 2.60. The van der Waals surface area contributed by atoms with Crippen LogP contribution < -0.4 is 9.47 Å². The summed E-state index contributed by atoms with van der Waals surface area (Å²) in [4.78, 5) is 10.7. The number of hydrogen-bond acceptors (Lipinski definition) is 4. The number of hydrogen-bond donors (Lipinski definition) is 1. The van der Waals surface area contributed by atoms with Gasteiger partial charge in [0.25, 0.3) is 0 Å². The van der Waals surface area contributed by atoms with E-state index in [1.54, 1.807) is 18.2 Å². The fourth-order valence-electron chi connectivity index (χ4n) is 1.73. The van der Waals surface area contributed by atoms with Crippen molar-refractivity contribution >= 4 is 12.0 Å². The fraction of sp³-hybridized carbons (Fsp3) is 0.438. The van der Waals surface area contributed by atoms with Gasteiger partial charge in [-0.3, -0.25) is 0 Å². The number of carbonyl (C=O) groups is 1. The standard InChI is InChI=1S/C16H22O5/c1-3-19-11-6-12-21-16-13(9-10-15(17)18)7-5-8-14(16)20-4-2/h5,7-10H,3-4,6,11-12H2,1-2H3,(H,17,18). The van der Waals surface area contributed by atoms with Crippen LogP contribution in [0.15, 0.2) is 24.3 Å². The molecule has 5 nitrogen and oxygen atoms in total. The minimum absolute atomic E-state index is 0.484. The predicted molar refractivity (Wildman–Crippen MR) is 80.9 cm³/mol. The van der Waals surface area contributed by atoms with Crippen molar-refractivity contribution in [3.8, 4) is 11.5 Å². The van der Waals surface area contributed by atoms with Crippen LogP contribution in [0.4, 0.5) is 0 Å². The van der Waals surface area contributed by atoms with Crippen LogP contribution in [0.1, 0.15) is 25.8 Å². The second-order valence-electron chi connectivity index (χ2n) is 4.18. The summed E-state index contributed by atoms with van der Waals surface area (Å²) in [7, 11) is 0. The maximum Gasteiger partial charge on any atom is 0.328 e. The summed E-state index contributed by atoms with van der Waals surface area (Å²) in [6, 6.07) is 5.40. The molecule has 0 aliphatic rings. The van der Waals surface area contributed by atoms with Gasteiger partial charge in [-0.05, 0) is 26.0 Å². The monoisotopic (exact) mass is 294 g/mol. The Labute approximate surface area is 125 Å². The average molecular weight is 294 g/mol. The number of ether oxygens (including phenoxy) is 3. The number of rotatable bonds is 10. The van der Waals surface area contributed by atoms with Crippen molar-refractivity contribution in [2.75, 3.05) is 26.4 Å². The van der Waals surface area contributed by atoms with E-state index in [-0.39, 0.29) is 0 Å². The van der Waals surface area contributed by atoms with E-state index in [0.29, 0.717) is 43.5 Å². The Balaban J connectivity index is 2.81. The average Bonchev–Trinajstić information content (AvgIpc) is 2.46. The largest absolute Gasteiger partial charge is 0.490 e. The van der Waals surface area contributed by atoms with Gasteiger partial charge in [-0.25, -0.2) is 4.79 Å². The van der Waals surface area contributed by atoms with Gasteiger partial charge < -0.3 is 19.3 Å². The first kappa shape index (κ1) is 17.0. The van der Waals surface area contributed by atoms with E-state index < -0.39 is 5.97 Å². The van der Waals surface area contributed by atoms with Crippen LogP contribution in [0.25, 0.3) is 6.08 Å². The van der Waals surface area contributed by atoms with Crippen molar-refractivity contribution < 1.29 is 24.1 Å². The summed E-state index contributed by atoms with van der Waals surface area (Å²) in [5.41, 5.74) is 0.680. The van der Waals surface area contributed by atoms with E-state index >= 15 is 0 Å². The van der Waals surface area contributed by atoms with Crippen molar-refractivity contribution in [3.05, 3.63) is 29.8 Å². The van der Waals surface area contributed by atoms with Gasteiger partial charge in [0.05, 0.1) is 13.2 Å². The molecule has 0 unspecified atom stereocenters. The molecule has 0 spiro atoms. The molecule has 1 aromatic rings. The van der Waals surface area contributed by atoms with Crippen LogP contribution in [-0.2, 0) is 9.53 Å². The normalized spacial score (nSPS) is 10.8. The van der Waals surface area contributed by atoms with Crippen LogP contribution in [0, 0.1) is 0 Å². The minimum atomic E-state index is -1.00. The summed E-state index contributed by atoms with van der Waals surface area (Å²) < 4.78 is 16.5. The highest BCUT2D eigenvalue weighted by Crippen LogP contribution is 2.32.